The van der Waals surface area contributed by atoms with Gasteiger partial charge in [0.1, 0.15) is 18.2 Å². The molecule has 0 amide bonds. The van der Waals surface area contributed by atoms with Crippen molar-refractivity contribution in [1.82, 2.24) is 5.32 Å². The summed E-state index contributed by atoms with van der Waals surface area (Å²) in [6, 6.07) is -0.969. The van der Waals surface area contributed by atoms with Crippen molar-refractivity contribution in [3.8, 4) is 0 Å². The van der Waals surface area contributed by atoms with Gasteiger partial charge in [0.15, 0.2) is 0 Å². The smallest absolute Gasteiger partial charge is 0.325 e. The van der Waals surface area contributed by atoms with Gasteiger partial charge in [0.25, 0.3) is 0 Å². The van der Waals surface area contributed by atoms with E-state index in [0.29, 0.717) is 0 Å². The normalized spacial score (nSPS) is 40.0. The highest BCUT2D eigenvalue weighted by molar-refractivity contribution is 5.76. The number of hydrogen-bond acceptors (Lipinski definition) is 6. The number of esters is 1. The van der Waals surface area contributed by atoms with Crippen molar-refractivity contribution < 1.29 is 24.9 Å². The maximum atomic E-state index is 11.0. The number of β-amino-alcohol motifs (C(OH)–C–C–N with tert-alkyl or cyclic N) is 1. The van der Waals surface area contributed by atoms with E-state index >= 15 is 0 Å². The van der Waals surface area contributed by atoms with Gasteiger partial charge in [0.05, 0.1) is 13.2 Å². The van der Waals surface area contributed by atoms with E-state index in [1.165, 1.54) is 7.11 Å². The van der Waals surface area contributed by atoms with Crippen molar-refractivity contribution >= 4 is 5.97 Å². The summed E-state index contributed by atoms with van der Waals surface area (Å²) in [5.74, 6) is -0.654. The lowest BCUT2D eigenvalue weighted by Gasteiger charge is -2.34. The molecule has 0 aromatic rings. The van der Waals surface area contributed by atoms with Crippen molar-refractivity contribution in [2.24, 2.45) is 0 Å². The Balaban J connectivity index is 2.63. The molecule has 1 saturated heterocycles. The molecular formula is C7H13NO5. The van der Waals surface area contributed by atoms with Crippen LogP contribution in [0.4, 0.5) is 0 Å². The molecule has 6 heteroatoms. The molecule has 4 atom stereocenters. The molecule has 0 unspecified atom stereocenters. The highest BCUT2D eigenvalue weighted by atomic mass is 16.5. The van der Waals surface area contributed by atoms with Gasteiger partial charge in [-0.15, -0.1) is 0 Å². The van der Waals surface area contributed by atoms with Crippen LogP contribution in [-0.4, -0.2) is 59.3 Å². The molecule has 13 heavy (non-hydrogen) atoms. The van der Waals surface area contributed by atoms with E-state index in [-0.39, 0.29) is 6.54 Å². The van der Waals surface area contributed by atoms with E-state index in [4.69, 9.17) is 5.11 Å². The Morgan fingerprint density at radius 2 is 2.00 bits per heavy atom. The lowest BCUT2D eigenvalue weighted by Crippen LogP contribution is -2.62. The van der Waals surface area contributed by atoms with Gasteiger partial charge in [0, 0.05) is 6.54 Å². The van der Waals surface area contributed by atoms with Crippen LogP contribution in [0.2, 0.25) is 0 Å². The molecule has 0 radical (unpaired) electrons. The zero-order valence-electron chi connectivity index (χ0n) is 7.17. The van der Waals surface area contributed by atoms with Gasteiger partial charge in [0.2, 0.25) is 0 Å². The molecule has 0 spiro atoms. The summed E-state index contributed by atoms with van der Waals surface area (Å²) < 4.78 is 4.39. The van der Waals surface area contributed by atoms with Crippen molar-refractivity contribution in [2.75, 3.05) is 13.7 Å². The molecule has 76 valence electrons. The standard InChI is InChI=1S/C7H13NO5/c1-13-7(12)4-6(11)5(10)3(9)2-8-4/h3-6,8-11H,2H2,1H3/t3-,4+,5+,6-/m1/s1. The van der Waals surface area contributed by atoms with Gasteiger partial charge in [-0.05, 0) is 0 Å². The van der Waals surface area contributed by atoms with E-state index in [1.807, 2.05) is 0 Å². The van der Waals surface area contributed by atoms with Crippen LogP contribution in [0.15, 0.2) is 0 Å². The Bertz CT molecular complexity index is 197. The van der Waals surface area contributed by atoms with Crippen LogP contribution in [-0.2, 0) is 9.53 Å². The van der Waals surface area contributed by atoms with Crippen molar-refractivity contribution in [2.45, 2.75) is 24.4 Å². The van der Waals surface area contributed by atoms with E-state index in [1.54, 1.807) is 0 Å². The lowest BCUT2D eigenvalue weighted by molar-refractivity contribution is -0.156. The molecule has 1 fully saturated rings. The average Bonchev–Trinajstić information content (AvgIpc) is 2.13. The van der Waals surface area contributed by atoms with E-state index in [9.17, 15) is 15.0 Å². The van der Waals surface area contributed by atoms with Gasteiger partial charge in [-0.25, -0.2) is 0 Å². The third-order valence-corrected chi connectivity index (χ3v) is 2.09. The van der Waals surface area contributed by atoms with Gasteiger partial charge in [-0.1, -0.05) is 0 Å². The van der Waals surface area contributed by atoms with Crippen LogP contribution in [0, 0.1) is 0 Å². The lowest BCUT2D eigenvalue weighted by atomic mass is 9.96. The Hall–Kier alpha value is -0.690. The molecule has 1 rings (SSSR count). The molecule has 0 bridgehead atoms. The summed E-state index contributed by atoms with van der Waals surface area (Å²) in [4.78, 5) is 11.0. The first-order valence-corrected chi connectivity index (χ1v) is 3.93. The first-order valence-electron chi connectivity index (χ1n) is 3.93. The van der Waals surface area contributed by atoms with Crippen LogP contribution in [0.1, 0.15) is 0 Å². The summed E-state index contributed by atoms with van der Waals surface area (Å²) in [6.07, 6.45) is -3.71. The molecule has 1 aliphatic rings. The Morgan fingerprint density at radius 1 is 1.38 bits per heavy atom. The number of carbonyl (C=O) groups is 1. The number of aliphatic hydroxyl groups excluding tert-OH is 3. The second-order valence-corrected chi connectivity index (χ2v) is 2.96. The van der Waals surface area contributed by atoms with E-state index in [2.05, 4.69) is 10.1 Å². The average molecular weight is 191 g/mol. The zero-order chi connectivity index (χ0) is 10.0. The maximum Gasteiger partial charge on any atom is 0.325 e. The molecule has 0 saturated carbocycles. The number of carbonyl (C=O) groups excluding carboxylic acids is 1. The number of aliphatic hydroxyl groups is 3. The summed E-state index contributed by atoms with van der Waals surface area (Å²) in [7, 11) is 1.19. The van der Waals surface area contributed by atoms with Gasteiger partial charge >= 0.3 is 5.97 Å². The van der Waals surface area contributed by atoms with Gasteiger partial charge in [-0.3, -0.25) is 10.1 Å². The molecule has 4 N–H and O–H groups in total. The Labute approximate surface area is 75.1 Å². The van der Waals surface area contributed by atoms with Gasteiger partial charge in [-0.2, -0.15) is 0 Å². The number of methoxy groups -OCH3 is 1. The molecular weight excluding hydrogens is 178 g/mol. The number of piperidine rings is 1. The van der Waals surface area contributed by atoms with Crippen LogP contribution in [0.3, 0.4) is 0 Å². The molecule has 1 aliphatic heterocycles. The summed E-state index contributed by atoms with van der Waals surface area (Å²) >= 11 is 0. The minimum absolute atomic E-state index is 0.0536. The number of ether oxygens (including phenoxy) is 1. The van der Waals surface area contributed by atoms with Crippen LogP contribution in [0.5, 0.6) is 0 Å². The number of rotatable bonds is 1. The quantitative estimate of drug-likeness (QED) is 0.334. The topological polar surface area (TPSA) is 99.0 Å². The highest BCUT2D eigenvalue weighted by Crippen LogP contribution is 2.11. The molecule has 0 aliphatic carbocycles. The third-order valence-electron chi connectivity index (χ3n) is 2.09. The molecule has 0 aromatic heterocycles. The van der Waals surface area contributed by atoms with Crippen molar-refractivity contribution in [3.63, 3.8) is 0 Å². The summed E-state index contributed by atoms with van der Waals surface area (Å²) in [5, 5.41) is 30.2. The fourth-order valence-electron chi connectivity index (χ4n) is 1.26. The largest absolute Gasteiger partial charge is 0.468 e. The Morgan fingerprint density at radius 3 is 2.54 bits per heavy atom. The third kappa shape index (κ3) is 1.97. The van der Waals surface area contributed by atoms with E-state index in [0.717, 1.165) is 0 Å². The fraction of sp³-hybridized carbons (Fsp3) is 0.857. The number of hydrogen-bond donors (Lipinski definition) is 4. The first-order chi connectivity index (χ1) is 6.07. The van der Waals surface area contributed by atoms with Gasteiger partial charge < -0.3 is 20.1 Å². The van der Waals surface area contributed by atoms with Crippen molar-refractivity contribution in [3.05, 3.63) is 0 Å². The predicted molar refractivity (Wildman–Crippen MR) is 41.8 cm³/mol. The molecule has 0 aromatic carbocycles. The number of nitrogens with one attached hydrogen (secondary N) is 1. The SMILES string of the molecule is COC(=O)[C@H]1NC[C@@H](O)[C@H](O)[C@@H]1O. The maximum absolute atomic E-state index is 11.0. The minimum Gasteiger partial charge on any atom is -0.468 e. The monoisotopic (exact) mass is 191 g/mol. The van der Waals surface area contributed by atoms with Crippen LogP contribution < -0.4 is 5.32 Å². The van der Waals surface area contributed by atoms with E-state index < -0.39 is 30.3 Å². The second kappa shape index (κ2) is 4.01. The Kier molecular flexibility index (Phi) is 3.21. The molecule has 6 nitrogen and oxygen atoms in total. The van der Waals surface area contributed by atoms with Crippen LogP contribution in [0.25, 0.3) is 0 Å². The minimum atomic E-state index is -1.34. The summed E-state index contributed by atoms with van der Waals surface area (Å²) in [5.41, 5.74) is 0. The molecule has 1 heterocycles. The highest BCUT2D eigenvalue weighted by Gasteiger charge is 2.40. The summed E-state index contributed by atoms with van der Waals surface area (Å²) in [6.45, 7) is 0.0536. The zero-order valence-corrected chi connectivity index (χ0v) is 7.17. The predicted octanol–water partition coefficient (Wildman–Crippen LogP) is -2.79. The first kappa shape index (κ1) is 10.4. The fourth-order valence-corrected chi connectivity index (χ4v) is 1.26. The van der Waals surface area contributed by atoms with Crippen molar-refractivity contribution in [1.29, 1.82) is 0 Å². The second-order valence-electron chi connectivity index (χ2n) is 2.96. The van der Waals surface area contributed by atoms with Crippen LogP contribution >= 0.6 is 0 Å².